The first-order valence-corrected chi connectivity index (χ1v) is 8.73. The number of carbonyl (C=O) groups excluding carboxylic acids is 1. The van der Waals surface area contributed by atoms with Gasteiger partial charge in [-0.25, -0.2) is 4.98 Å². The van der Waals surface area contributed by atoms with Crippen LogP contribution in [-0.4, -0.2) is 26.0 Å². The van der Waals surface area contributed by atoms with Gasteiger partial charge in [-0.2, -0.15) is 0 Å². The molecule has 1 aliphatic carbocycles. The lowest BCUT2D eigenvalue weighted by atomic mass is 10.2. The number of hydrogen-bond acceptors (Lipinski definition) is 5. The van der Waals surface area contributed by atoms with E-state index in [2.05, 4.69) is 15.3 Å². The fourth-order valence-electron chi connectivity index (χ4n) is 2.75. The number of carbonyl (C=O) groups is 1. The molecule has 1 fully saturated rings. The van der Waals surface area contributed by atoms with Crippen LogP contribution in [0.3, 0.4) is 0 Å². The van der Waals surface area contributed by atoms with Crippen LogP contribution in [-0.2, 0) is 6.54 Å². The van der Waals surface area contributed by atoms with Gasteiger partial charge in [0.05, 0.1) is 17.0 Å². The van der Waals surface area contributed by atoms with Gasteiger partial charge >= 0.3 is 0 Å². The number of nitrogens with zero attached hydrogens (tertiary/aromatic N) is 2. The summed E-state index contributed by atoms with van der Waals surface area (Å²) in [7, 11) is 0. The van der Waals surface area contributed by atoms with Crippen molar-refractivity contribution in [2.75, 3.05) is 0 Å². The highest BCUT2D eigenvalue weighted by atomic mass is 32.2. The summed E-state index contributed by atoms with van der Waals surface area (Å²) in [5.74, 6) is 0.314. The third kappa shape index (κ3) is 3.94. The maximum absolute atomic E-state index is 12.5. The van der Waals surface area contributed by atoms with E-state index >= 15 is 0 Å². The first kappa shape index (κ1) is 16.5. The molecule has 126 valence electrons. The van der Waals surface area contributed by atoms with Gasteiger partial charge in [0.15, 0.2) is 0 Å². The number of amides is 1. The van der Waals surface area contributed by atoms with Crippen molar-refractivity contribution in [1.82, 2.24) is 15.3 Å². The minimum absolute atomic E-state index is 0.0751. The summed E-state index contributed by atoms with van der Waals surface area (Å²) in [5.41, 5.74) is 0.279. The van der Waals surface area contributed by atoms with Gasteiger partial charge in [-0.3, -0.25) is 14.9 Å². The molecule has 7 nitrogen and oxygen atoms in total. The number of imidazole rings is 1. The molecule has 3 rings (SSSR count). The van der Waals surface area contributed by atoms with Gasteiger partial charge in [0.25, 0.3) is 11.6 Å². The number of hydrogen-bond donors (Lipinski definition) is 2. The average molecular weight is 346 g/mol. The van der Waals surface area contributed by atoms with Crippen LogP contribution in [0.1, 0.15) is 41.9 Å². The number of aromatic amines is 1. The predicted molar refractivity (Wildman–Crippen MR) is 91.0 cm³/mol. The summed E-state index contributed by atoms with van der Waals surface area (Å²) in [4.78, 5) is 30.8. The van der Waals surface area contributed by atoms with E-state index in [1.165, 1.54) is 25.0 Å². The molecule has 2 aromatic rings. The number of benzene rings is 1. The van der Waals surface area contributed by atoms with Crippen LogP contribution >= 0.6 is 11.8 Å². The molecule has 24 heavy (non-hydrogen) atoms. The number of H-pyrrole nitrogens is 1. The minimum atomic E-state index is -0.479. The van der Waals surface area contributed by atoms with E-state index in [4.69, 9.17) is 0 Å². The Morgan fingerprint density at radius 3 is 2.88 bits per heavy atom. The smallest absolute Gasteiger partial charge is 0.270 e. The Morgan fingerprint density at radius 2 is 2.21 bits per heavy atom. The van der Waals surface area contributed by atoms with Crippen LogP contribution in [0.15, 0.2) is 35.5 Å². The van der Waals surface area contributed by atoms with Gasteiger partial charge in [0.1, 0.15) is 5.82 Å². The predicted octanol–water partition coefficient (Wildman–Crippen LogP) is 3.28. The fourth-order valence-corrected chi connectivity index (χ4v) is 4.10. The van der Waals surface area contributed by atoms with Crippen LogP contribution in [0.4, 0.5) is 5.69 Å². The summed E-state index contributed by atoms with van der Waals surface area (Å²) in [6, 6.07) is 4.50. The van der Waals surface area contributed by atoms with Crippen molar-refractivity contribution in [3.8, 4) is 0 Å². The minimum Gasteiger partial charge on any atom is -0.347 e. The summed E-state index contributed by atoms with van der Waals surface area (Å²) in [6.07, 6.45) is 7.92. The van der Waals surface area contributed by atoms with Crippen molar-refractivity contribution >= 4 is 23.4 Å². The van der Waals surface area contributed by atoms with Crippen molar-refractivity contribution in [2.24, 2.45) is 0 Å². The first-order valence-electron chi connectivity index (χ1n) is 7.85. The van der Waals surface area contributed by atoms with Crippen LogP contribution in [0.5, 0.6) is 0 Å². The van der Waals surface area contributed by atoms with E-state index in [0.717, 1.165) is 17.7 Å². The number of aromatic nitrogens is 2. The van der Waals surface area contributed by atoms with E-state index < -0.39 is 4.92 Å². The van der Waals surface area contributed by atoms with Crippen LogP contribution in [0.25, 0.3) is 0 Å². The van der Waals surface area contributed by atoms with Crippen LogP contribution in [0.2, 0.25) is 0 Å². The molecule has 1 saturated carbocycles. The van der Waals surface area contributed by atoms with Gasteiger partial charge in [0.2, 0.25) is 0 Å². The SMILES string of the molecule is O=C(NCc1ncc[nH]1)c1cc([N+](=O)[O-])ccc1SC1CCCC1. The van der Waals surface area contributed by atoms with E-state index in [1.54, 1.807) is 30.2 Å². The Labute approximate surface area is 143 Å². The summed E-state index contributed by atoms with van der Waals surface area (Å²) in [6.45, 7) is 0.252. The highest BCUT2D eigenvalue weighted by molar-refractivity contribution is 8.00. The van der Waals surface area contributed by atoms with E-state index in [-0.39, 0.29) is 18.1 Å². The lowest BCUT2D eigenvalue weighted by Gasteiger charge is -2.13. The molecule has 0 atom stereocenters. The Balaban J connectivity index is 1.79. The molecule has 1 aromatic heterocycles. The highest BCUT2D eigenvalue weighted by Gasteiger charge is 2.22. The lowest BCUT2D eigenvalue weighted by Crippen LogP contribution is -2.24. The van der Waals surface area contributed by atoms with E-state index in [9.17, 15) is 14.9 Å². The molecule has 1 heterocycles. The molecule has 1 aromatic carbocycles. The molecule has 0 bridgehead atoms. The number of nitro groups is 1. The van der Waals surface area contributed by atoms with Crippen LogP contribution in [0, 0.1) is 10.1 Å². The first-order chi connectivity index (χ1) is 11.6. The van der Waals surface area contributed by atoms with Gasteiger partial charge in [-0.05, 0) is 18.9 Å². The van der Waals surface area contributed by atoms with E-state index in [1.807, 2.05) is 0 Å². The number of nitro benzene ring substituents is 1. The molecule has 8 heteroatoms. The van der Waals surface area contributed by atoms with Crippen molar-refractivity contribution in [1.29, 1.82) is 0 Å². The van der Waals surface area contributed by atoms with Gasteiger partial charge in [-0.15, -0.1) is 11.8 Å². The summed E-state index contributed by atoms with van der Waals surface area (Å²) < 4.78 is 0. The molecule has 0 aliphatic heterocycles. The largest absolute Gasteiger partial charge is 0.347 e. The number of rotatable bonds is 6. The summed E-state index contributed by atoms with van der Waals surface area (Å²) >= 11 is 1.64. The van der Waals surface area contributed by atoms with Gasteiger partial charge < -0.3 is 10.3 Å². The second kappa shape index (κ2) is 7.48. The van der Waals surface area contributed by atoms with Gasteiger partial charge in [-0.1, -0.05) is 12.8 Å². The molecule has 0 unspecified atom stereocenters. The number of thioether (sulfide) groups is 1. The average Bonchev–Trinajstić information content (AvgIpc) is 3.26. The van der Waals surface area contributed by atoms with Gasteiger partial charge in [0, 0.05) is 34.7 Å². The quantitative estimate of drug-likeness (QED) is 0.617. The summed E-state index contributed by atoms with van der Waals surface area (Å²) in [5, 5.41) is 14.3. The topological polar surface area (TPSA) is 101 Å². The Morgan fingerprint density at radius 1 is 1.42 bits per heavy atom. The monoisotopic (exact) mass is 346 g/mol. The second-order valence-corrected chi connectivity index (χ2v) is 7.02. The van der Waals surface area contributed by atoms with Crippen LogP contribution < -0.4 is 5.32 Å². The Hall–Kier alpha value is -2.35. The van der Waals surface area contributed by atoms with Crippen molar-refractivity contribution in [3.63, 3.8) is 0 Å². The zero-order valence-electron chi connectivity index (χ0n) is 13.0. The fraction of sp³-hybridized carbons (Fsp3) is 0.375. The number of nitrogens with one attached hydrogen (secondary N) is 2. The van der Waals surface area contributed by atoms with Crippen molar-refractivity contribution < 1.29 is 9.72 Å². The molecule has 0 saturated heterocycles. The third-order valence-corrected chi connectivity index (χ3v) is 5.40. The molecule has 0 radical (unpaired) electrons. The maximum atomic E-state index is 12.5. The maximum Gasteiger partial charge on any atom is 0.270 e. The molecular weight excluding hydrogens is 328 g/mol. The third-order valence-electron chi connectivity index (χ3n) is 3.99. The normalized spacial score (nSPS) is 14.7. The highest BCUT2D eigenvalue weighted by Crippen LogP contribution is 2.37. The zero-order chi connectivity index (χ0) is 16.9. The second-order valence-electron chi connectivity index (χ2n) is 5.68. The number of non-ortho nitro benzene ring substituents is 1. The molecule has 1 aliphatic rings. The molecular formula is C16H18N4O3S. The zero-order valence-corrected chi connectivity index (χ0v) is 13.8. The molecule has 0 spiro atoms. The molecule has 1 amide bonds. The van der Waals surface area contributed by atoms with Crippen molar-refractivity contribution in [2.45, 2.75) is 42.4 Å². The molecule has 2 N–H and O–H groups in total. The lowest BCUT2D eigenvalue weighted by molar-refractivity contribution is -0.384. The Kier molecular flexibility index (Phi) is 5.14. The van der Waals surface area contributed by atoms with Crippen molar-refractivity contribution in [3.05, 3.63) is 52.1 Å². The van der Waals surface area contributed by atoms with E-state index in [0.29, 0.717) is 16.6 Å². The Bertz CT molecular complexity index is 727. The standard InChI is InChI=1S/C16H18N4O3S/c21-16(19-10-15-17-7-8-18-15)13-9-11(20(22)23)5-6-14(13)24-12-3-1-2-4-12/h5-9,12H,1-4,10H2,(H,17,18)(H,19,21).